The maximum Gasteiger partial charge on any atom is 0.125 e. The van der Waals surface area contributed by atoms with Crippen LogP contribution < -0.4 is 0 Å². The number of hydrogen-bond acceptors (Lipinski definition) is 3. The highest BCUT2D eigenvalue weighted by Crippen LogP contribution is 2.27. The highest BCUT2D eigenvalue weighted by molar-refractivity contribution is 5.12. The number of aryl methyl sites for hydroxylation is 1. The molecule has 1 aliphatic heterocycles. The van der Waals surface area contributed by atoms with Gasteiger partial charge in [-0.25, -0.2) is 9.97 Å². The van der Waals surface area contributed by atoms with Crippen molar-refractivity contribution in [1.29, 1.82) is 0 Å². The summed E-state index contributed by atoms with van der Waals surface area (Å²) in [4.78, 5) is 8.10. The molecule has 1 fully saturated rings. The number of epoxide rings is 1. The van der Waals surface area contributed by atoms with Gasteiger partial charge in [0, 0.05) is 18.0 Å². The molecule has 1 atom stereocenters. The van der Waals surface area contributed by atoms with Crippen molar-refractivity contribution in [1.82, 2.24) is 9.97 Å². The summed E-state index contributed by atoms with van der Waals surface area (Å²) in [6.45, 7) is 2.70. The Bertz CT molecular complexity index is 228. The molecule has 1 aromatic rings. The van der Waals surface area contributed by atoms with E-state index in [1.807, 2.05) is 19.3 Å². The van der Waals surface area contributed by atoms with Crippen molar-refractivity contribution in [2.75, 3.05) is 6.61 Å². The quantitative estimate of drug-likeness (QED) is 0.537. The highest BCUT2D eigenvalue weighted by Gasteiger charge is 2.24. The lowest BCUT2D eigenvalue weighted by Gasteiger charge is -1.92. The molecule has 3 heteroatoms. The third-order valence-corrected chi connectivity index (χ3v) is 1.51. The molecule has 1 aliphatic rings. The van der Waals surface area contributed by atoms with Crippen LogP contribution in [0.2, 0.25) is 0 Å². The van der Waals surface area contributed by atoms with Crippen LogP contribution in [-0.4, -0.2) is 16.6 Å². The van der Waals surface area contributed by atoms with Crippen LogP contribution >= 0.6 is 0 Å². The molecule has 2 heterocycles. The van der Waals surface area contributed by atoms with Gasteiger partial charge in [0.1, 0.15) is 11.9 Å². The zero-order valence-electron chi connectivity index (χ0n) is 5.74. The van der Waals surface area contributed by atoms with Crippen molar-refractivity contribution in [2.45, 2.75) is 13.0 Å². The van der Waals surface area contributed by atoms with E-state index < -0.39 is 0 Å². The topological polar surface area (TPSA) is 38.3 Å². The predicted molar refractivity (Wildman–Crippen MR) is 35.5 cm³/mol. The lowest BCUT2D eigenvalue weighted by atomic mass is 10.3. The molecular formula is C7H8N2O. The zero-order chi connectivity index (χ0) is 6.97. The Morgan fingerprint density at radius 3 is 2.60 bits per heavy atom. The second kappa shape index (κ2) is 2.02. The van der Waals surface area contributed by atoms with E-state index in [2.05, 4.69) is 9.97 Å². The molecule has 10 heavy (non-hydrogen) atoms. The van der Waals surface area contributed by atoms with Gasteiger partial charge in [0.25, 0.3) is 0 Å². The van der Waals surface area contributed by atoms with Gasteiger partial charge in [-0.2, -0.15) is 0 Å². The molecule has 2 rings (SSSR count). The maximum atomic E-state index is 5.05. The minimum atomic E-state index is 0.278. The monoisotopic (exact) mass is 136 g/mol. The summed E-state index contributed by atoms with van der Waals surface area (Å²) in [6.07, 6.45) is 3.92. The normalized spacial score (nSPS) is 22.7. The largest absolute Gasteiger partial charge is 0.368 e. The zero-order valence-corrected chi connectivity index (χ0v) is 5.74. The molecule has 0 amide bonds. The smallest absolute Gasteiger partial charge is 0.125 e. The molecular weight excluding hydrogens is 128 g/mol. The van der Waals surface area contributed by atoms with Crippen molar-refractivity contribution in [3.05, 3.63) is 23.8 Å². The van der Waals surface area contributed by atoms with E-state index in [-0.39, 0.29) is 6.10 Å². The highest BCUT2D eigenvalue weighted by atomic mass is 16.6. The molecule has 0 radical (unpaired) electrons. The molecule has 1 aromatic heterocycles. The van der Waals surface area contributed by atoms with Crippen LogP contribution in [0, 0.1) is 6.92 Å². The van der Waals surface area contributed by atoms with E-state index in [1.54, 1.807) is 0 Å². The molecule has 0 aliphatic carbocycles. The number of hydrogen-bond donors (Lipinski definition) is 0. The van der Waals surface area contributed by atoms with E-state index >= 15 is 0 Å². The van der Waals surface area contributed by atoms with Crippen LogP contribution in [0.1, 0.15) is 17.5 Å². The van der Waals surface area contributed by atoms with Gasteiger partial charge in [0.15, 0.2) is 0 Å². The Hall–Kier alpha value is -0.960. The van der Waals surface area contributed by atoms with E-state index in [9.17, 15) is 0 Å². The Balaban J connectivity index is 2.28. The minimum absolute atomic E-state index is 0.278. The molecule has 0 saturated carbocycles. The molecule has 1 saturated heterocycles. The first-order valence-electron chi connectivity index (χ1n) is 3.26. The SMILES string of the molecule is Cc1ncc(C2CO2)cn1. The van der Waals surface area contributed by atoms with Gasteiger partial charge in [-0.05, 0) is 6.92 Å². The average molecular weight is 136 g/mol. The van der Waals surface area contributed by atoms with E-state index in [1.165, 1.54) is 0 Å². The van der Waals surface area contributed by atoms with Crippen molar-refractivity contribution in [3.63, 3.8) is 0 Å². The third kappa shape index (κ3) is 0.998. The van der Waals surface area contributed by atoms with Gasteiger partial charge in [-0.3, -0.25) is 0 Å². The van der Waals surface area contributed by atoms with Crippen molar-refractivity contribution in [3.8, 4) is 0 Å². The molecule has 0 bridgehead atoms. The van der Waals surface area contributed by atoms with E-state index in [0.717, 1.165) is 18.0 Å². The Kier molecular flexibility index (Phi) is 1.17. The molecule has 1 unspecified atom stereocenters. The Morgan fingerprint density at radius 1 is 1.50 bits per heavy atom. The summed E-state index contributed by atoms with van der Waals surface area (Å²) in [5.74, 6) is 0.810. The second-order valence-corrected chi connectivity index (χ2v) is 2.39. The lowest BCUT2D eigenvalue weighted by molar-refractivity contribution is 0.414. The number of rotatable bonds is 1. The van der Waals surface area contributed by atoms with Gasteiger partial charge < -0.3 is 4.74 Å². The fourth-order valence-electron chi connectivity index (χ4n) is 0.809. The van der Waals surface area contributed by atoms with Gasteiger partial charge in [-0.1, -0.05) is 0 Å². The van der Waals surface area contributed by atoms with Crippen molar-refractivity contribution in [2.24, 2.45) is 0 Å². The molecule has 0 aromatic carbocycles. The minimum Gasteiger partial charge on any atom is -0.368 e. The maximum absolute atomic E-state index is 5.05. The summed E-state index contributed by atoms with van der Waals surface area (Å²) in [6, 6.07) is 0. The van der Waals surface area contributed by atoms with Crippen LogP contribution in [0.25, 0.3) is 0 Å². The van der Waals surface area contributed by atoms with Gasteiger partial charge in [0.05, 0.1) is 6.61 Å². The first-order valence-corrected chi connectivity index (χ1v) is 3.26. The van der Waals surface area contributed by atoms with Crippen LogP contribution in [0.3, 0.4) is 0 Å². The first kappa shape index (κ1) is 5.80. The average Bonchev–Trinajstić information content (AvgIpc) is 2.71. The fraction of sp³-hybridized carbons (Fsp3) is 0.429. The molecule has 0 N–H and O–H groups in total. The number of ether oxygens (including phenoxy) is 1. The van der Waals surface area contributed by atoms with Crippen molar-refractivity contribution < 1.29 is 4.74 Å². The fourth-order valence-corrected chi connectivity index (χ4v) is 0.809. The standard InChI is InChI=1S/C7H8N2O/c1-5-8-2-6(3-9-5)7-4-10-7/h2-3,7H,4H2,1H3. The Morgan fingerprint density at radius 2 is 2.10 bits per heavy atom. The first-order chi connectivity index (χ1) is 4.86. The van der Waals surface area contributed by atoms with E-state index in [4.69, 9.17) is 4.74 Å². The molecule has 52 valence electrons. The van der Waals surface area contributed by atoms with Crippen molar-refractivity contribution >= 4 is 0 Å². The van der Waals surface area contributed by atoms with Crippen LogP contribution in [0.15, 0.2) is 12.4 Å². The molecule has 0 spiro atoms. The number of nitrogens with zero attached hydrogens (tertiary/aromatic N) is 2. The van der Waals surface area contributed by atoms with Crippen LogP contribution in [0.5, 0.6) is 0 Å². The van der Waals surface area contributed by atoms with Crippen LogP contribution in [-0.2, 0) is 4.74 Å². The van der Waals surface area contributed by atoms with Gasteiger partial charge in [-0.15, -0.1) is 0 Å². The summed E-state index contributed by atoms with van der Waals surface area (Å²) in [5.41, 5.74) is 1.09. The second-order valence-electron chi connectivity index (χ2n) is 2.39. The Labute approximate surface area is 59.1 Å². The summed E-state index contributed by atoms with van der Waals surface area (Å²) in [5, 5.41) is 0. The van der Waals surface area contributed by atoms with E-state index in [0.29, 0.717) is 0 Å². The summed E-state index contributed by atoms with van der Waals surface area (Å²) in [7, 11) is 0. The van der Waals surface area contributed by atoms with Gasteiger partial charge >= 0.3 is 0 Å². The van der Waals surface area contributed by atoms with Gasteiger partial charge in [0.2, 0.25) is 0 Å². The summed E-state index contributed by atoms with van der Waals surface area (Å²) >= 11 is 0. The third-order valence-electron chi connectivity index (χ3n) is 1.51. The lowest BCUT2D eigenvalue weighted by Crippen LogP contribution is -1.89. The molecule has 3 nitrogen and oxygen atoms in total. The summed E-state index contributed by atoms with van der Waals surface area (Å²) < 4.78 is 5.05. The number of aromatic nitrogens is 2. The predicted octanol–water partition coefficient (Wildman–Crippen LogP) is 0.856. The van der Waals surface area contributed by atoms with Crippen LogP contribution in [0.4, 0.5) is 0 Å².